The molecule has 0 saturated heterocycles. The highest BCUT2D eigenvalue weighted by Crippen LogP contribution is 2.40. The third-order valence-corrected chi connectivity index (χ3v) is 6.58. The number of fused-ring (bicyclic) bond motifs is 1. The van der Waals surface area contributed by atoms with Gasteiger partial charge in [0.1, 0.15) is 13.8 Å². The van der Waals surface area contributed by atoms with Gasteiger partial charge in [-0.3, -0.25) is 4.79 Å². The van der Waals surface area contributed by atoms with E-state index in [2.05, 4.69) is 4.98 Å². The van der Waals surface area contributed by atoms with Gasteiger partial charge in [0.25, 0.3) is 5.91 Å². The molecule has 0 aliphatic rings. The highest BCUT2D eigenvalue weighted by molar-refractivity contribution is 7.74. The number of carbonyl (C=O) groups excluding carboxylic acids is 1. The van der Waals surface area contributed by atoms with Gasteiger partial charge in [-0.25, -0.2) is 0 Å². The summed E-state index contributed by atoms with van der Waals surface area (Å²) in [5, 5.41) is 4.25. The molecular formula is C14H12ClN2O2PS. The first-order valence-corrected chi connectivity index (χ1v) is 8.62. The highest BCUT2D eigenvalue weighted by atomic mass is 35.5. The maximum absolute atomic E-state index is 11.8. The predicted molar refractivity (Wildman–Crippen MR) is 89.3 cm³/mol. The maximum Gasteiger partial charge on any atom is 0.265 e. The number of carbonyl (C=O) groups is 1. The summed E-state index contributed by atoms with van der Waals surface area (Å²) in [4.78, 5) is 14.9. The van der Waals surface area contributed by atoms with E-state index in [4.69, 9.17) is 21.9 Å². The highest BCUT2D eigenvalue weighted by Gasteiger charge is 2.26. The Morgan fingerprint density at radius 1 is 1.43 bits per heavy atom. The van der Waals surface area contributed by atoms with Gasteiger partial charge in [0.2, 0.25) is 0 Å². The number of amides is 1. The van der Waals surface area contributed by atoms with Crippen LogP contribution in [0.5, 0.6) is 0 Å². The molecular weight excluding hydrogens is 327 g/mol. The van der Waals surface area contributed by atoms with E-state index >= 15 is 0 Å². The summed E-state index contributed by atoms with van der Waals surface area (Å²) in [5.74, 6) is -0.501. The summed E-state index contributed by atoms with van der Waals surface area (Å²) in [6.07, 6.45) is 0. The molecule has 0 radical (unpaired) electrons. The lowest BCUT2D eigenvalue weighted by molar-refractivity contribution is 0.0997. The minimum absolute atomic E-state index is 0.383. The Labute approximate surface area is 131 Å². The molecule has 3 rings (SSSR count). The van der Waals surface area contributed by atoms with Crippen molar-refractivity contribution in [1.82, 2.24) is 4.98 Å². The third-order valence-electron chi connectivity index (χ3n) is 3.07. The van der Waals surface area contributed by atoms with E-state index in [9.17, 15) is 4.79 Å². The molecule has 1 aromatic carbocycles. The van der Waals surface area contributed by atoms with Crippen molar-refractivity contribution in [3.63, 3.8) is 0 Å². The average Bonchev–Trinajstić information content (AvgIpc) is 3.08. The first-order chi connectivity index (χ1) is 10.1. The Hall–Kier alpha value is -1.39. The minimum atomic E-state index is -1.11. The first kappa shape index (κ1) is 14.5. The summed E-state index contributed by atoms with van der Waals surface area (Å²) >= 11 is 7.68. The zero-order valence-electron chi connectivity index (χ0n) is 11.1. The fraction of sp³-hybridized carbons (Fsp3) is 0.0714. The maximum atomic E-state index is 11.8. The number of nitrogens with one attached hydrogen (secondary N) is 1. The van der Waals surface area contributed by atoms with E-state index in [1.54, 1.807) is 24.5 Å². The van der Waals surface area contributed by atoms with Crippen LogP contribution in [0.3, 0.4) is 0 Å². The van der Waals surface area contributed by atoms with Crippen molar-refractivity contribution in [3.05, 3.63) is 46.4 Å². The molecule has 1 atom stereocenters. The van der Waals surface area contributed by atoms with Gasteiger partial charge in [0.15, 0.2) is 0 Å². The van der Waals surface area contributed by atoms with Crippen molar-refractivity contribution < 1.29 is 9.32 Å². The van der Waals surface area contributed by atoms with Crippen LogP contribution in [0.1, 0.15) is 10.5 Å². The van der Waals surface area contributed by atoms with E-state index < -0.39 is 14.1 Å². The summed E-state index contributed by atoms with van der Waals surface area (Å²) in [6, 6.07) is 9.39. The second-order valence-corrected chi connectivity index (χ2v) is 7.90. The molecule has 108 valence electrons. The standard InChI is InChI=1S/C14H12ClN2O2PS/c1-19-20(11-3-2-6-21-11)13-9-7-8(15)4-5-10(9)17-12(13)14(16)18/h2-7,17H,1H3,(H2,16,18). The molecule has 0 aliphatic heterocycles. The predicted octanol–water partition coefficient (Wildman–Crippen LogP) is 2.98. The van der Waals surface area contributed by atoms with Gasteiger partial charge in [-0.1, -0.05) is 17.7 Å². The van der Waals surface area contributed by atoms with Crippen LogP contribution in [0.15, 0.2) is 35.7 Å². The fourth-order valence-electron chi connectivity index (χ4n) is 2.22. The molecule has 0 saturated carbocycles. The van der Waals surface area contributed by atoms with E-state index in [1.165, 1.54) is 0 Å². The van der Waals surface area contributed by atoms with Crippen LogP contribution in [-0.2, 0) is 4.52 Å². The Balaban J connectivity index is 2.30. The lowest BCUT2D eigenvalue weighted by atomic mass is 10.2. The molecule has 3 N–H and O–H groups in total. The Morgan fingerprint density at radius 2 is 2.24 bits per heavy atom. The second-order valence-electron chi connectivity index (χ2n) is 4.33. The molecule has 0 bridgehead atoms. The Morgan fingerprint density at radius 3 is 2.86 bits per heavy atom. The van der Waals surface area contributed by atoms with E-state index in [0.29, 0.717) is 10.7 Å². The van der Waals surface area contributed by atoms with Crippen molar-refractivity contribution in [2.45, 2.75) is 0 Å². The molecule has 3 aromatic rings. The van der Waals surface area contributed by atoms with Gasteiger partial charge in [0.05, 0.1) is 4.62 Å². The number of thiophene rings is 1. The molecule has 1 amide bonds. The van der Waals surface area contributed by atoms with Gasteiger partial charge in [-0.15, -0.1) is 11.3 Å². The van der Waals surface area contributed by atoms with Gasteiger partial charge < -0.3 is 15.2 Å². The first-order valence-electron chi connectivity index (χ1n) is 6.10. The smallest absolute Gasteiger partial charge is 0.265 e. The molecule has 0 spiro atoms. The quantitative estimate of drug-likeness (QED) is 0.718. The van der Waals surface area contributed by atoms with Crippen LogP contribution in [-0.4, -0.2) is 18.0 Å². The number of benzene rings is 1. The molecule has 21 heavy (non-hydrogen) atoms. The minimum Gasteiger partial charge on any atom is -0.364 e. The van der Waals surface area contributed by atoms with Gasteiger partial charge >= 0.3 is 0 Å². The van der Waals surface area contributed by atoms with Crippen LogP contribution in [0.2, 0.25) is 5.02 Å². The molecule has 0 fully saturated rings. The molecule has 2 heterocycles. The van der Waals surface area contributed by atoms with Crippen molar-refractivity contribution in [1.29, 1.82) is 0 Å². The molecule has 0 aliphatic carbocycles. The Bertz CT molecular complexity index is 801. The number of H-pyrrole nitrogens is 1. The number of nitrogens with two attached hydrogens (primary N) is 1. The van der Waals surface area contributed by atoms with Gasteiger partial charge in [-0.2, -0.15) is 0 Å². The SMILES string of the molecule is COP(c1cccs1)c1c(C(N)=O)[nH]c2ccc(Cl)cc12. The van der Waals surface area contributed by atoms with Crippen LogP contribution in [0, 0.1) is 0 Å². The Kier molecular flexibility index (Phi) is 4.00. The zero-order chi connectivity index (χ0) is 15.0. The van der Waals surface area contributed by atoms with E-state index in [-0.39, 0.29) is 0 Å². The molecule has 7 heteroatoms. The van der Waals surface area contributed by atoms with Crippen molar-refractivity contribution in [2.24, 2.45) is 5.73 Å². The van der Waals surface area contributed by atoms with Crippen LogP contribution < -0.4 is 15.7 Å². The number of aromatic amines is 1. The van der Waals surface area contributed by atoms with Crippen LogP contribution in [0.25, 0.3) is 10.9 Å². The summed E-state index contributed by atoms with van der Waals surface area (Å²) in [7, 11) is 0.526. The summed E-state index contributed by atoms with van der Waals surface area (Å²) < 4.78 is 6.75. The van der Waals surface area contributed by atoms with Gasteiger partial charge in [-0.05, 0) is 29.6 Å². The van der Waals surface area contributed by atoms with E-state index in [1.807, 2.05) is 29.6 Å². The van der Waals surface area contributed by atoms with Crippen molar-refractivity contribution >= 4 is 57.8 Å². The topological polar surface area (TPSA) is 68.1 Å². The zero-order valence-corrected chi connectivity index (χ0v) is 13.6. The lowest BCUT2D eigenvalue weighted by Crippen LogP contribution is -2.22. The van der Waals surface area contributed by atoms with Crippen molar-refractivity contribution in [2.75, 3.05) is 7.11 Å². The number of aromatic nitrogens is 1. The van der Waals surface area contributed by atoms with Crippen molar-refractivity contribution in [3.8, 4) is 0 Å². The fourth-order valence-corrected chi connectivity index (χ4v) is 5.48. The van der Waals surface area contributed by atoms with Crippen LogP contribution >= 0.6 is 31.1 Å². The third kappa shape index (κ3) is 2.58. The number of primary amides is 1. The average molecular weight is 339 g/mol. The number of hydrogen-bond acceptors (Lipinski definition) is 3. The molecule has 2 aromatic heterocycles. The van der Waals surface area contributed by atoms with Gasteiger partial charge in [0, 0.05) is 28.3 Å². The second kappa shape index (κ2) is 5.78. The normalized spacial score (nSPS) is 12.7. The molecule has 4 nitrogen and oxygen atoms in total. The summed E-state index contributed by atoms with van der Waals surface area (Å²) in [6.45, 7) is 0. The largest absolute Gasteiger partial charge is 0.364 e. The monoisotopic (exact) mass is 338 g/mol. The van der Waals surface area contributed by atoms with E-state index in [0.717, 1.165) is 20.8 Å². The number of halogens is 1. The lowest BCUT2D eigenvalue weighted by Gasteiger charge is -2.14. The number of hydrogen-bond donors (Lipinski definition) is 2. The van der Waals surface area contributed by atoms with Crippen LogP contribution in [0.4, 0.5) is 0 Å². The molecule has 1 unspecified atom stereocenters. The number of rotatable bonds is 4. The summed E-state index contributed by atoms with van der Waals surface area (Å²) in [5.41, 5.74) is 6.72.